The zero-order valence-electron chi connectivity index (χ0n) is 12.4. The van der Waals surface area contributed by atoms with Crippen molar-refractivity contribution in [2.45, 2.75) is 9.79 Å². The molecule has 0 aliphatic carbocycles. The van der Waals surface area contributed by atoms with Gasteiger partial charge in [0.1, 0.15) is 4.90 Å². The molecule has 3 rings (SSSR count). The summed E-state index contributed by atoms with van der Waals surface area (Å²) in [5.41, 5.74) is -0.572. The Morgan fingerprint density at radius 1 is 0.880 bits per heavy atom. The van der Waals surface area contributed by atoms with Gasteiger partial charge in [0.15, 0.2) is 0 Å². The number of nitro groups is 2. The second kappa shape index (κ2) is 5.91. The molecule has 3 aromatic rings. The molecule has 9 nitrogen and oxygen atoms in total. The van der Waals surface area contributed by atoms with E-state index in [4.69, 9.17) is 0 Å². The van der Waals surface area contributed by atoms with Crippen LogP contribution in [0.1, 0.15) is 0 Å². The van der Waals surface area contributed by atoms with Gasteiger partial charge in [-0.2, -0.15) is 0 Å². The Morgan fingerprint density at radius 2 is 1.56 bits per heavy atom. The third-order valence-corrected chi connectivity index (χ3v) is 5.35. The number of nitro benzene ring substituents is 2. The van der Waals surface area contributed by atoms with Crippen molar-refractivity contribution < 1.29 is 18.3 Å². The predicted octanol–water partition coefficient (Wildman–Crippen LogP) is 2.88. The molecule has 126 valence electrons. The van der Waals surface area contributed by atoms with Crippen molar-refractivity contribution in [3.63, 3.8) is 0 Å². The smallest absolute Gasteiger partial charge is 0.258 e. The highest BCUT2D eigenvalue weighted by molar-refractivity contribution is 7.91. The maximum absolute atomic E-state index is 12.8. The molecule has 0 spiro atoms. The van der Waals surface area contributed by atoms with E-state index in [1.54, 1.807) is 0 Å². The van der Waals surface area contributed by atoms with E-state index < -0.39 is 30.3 Å². The molecule has 1 heterocycles. The van der Waals surface area contributed by atoms with Crippen molar-refractivity contribution in [1.29, 1.82) is 0 Å². The van der Waals surface area contributed by atoms with Gasteiger partial charge in [0, 0.05) is 18.3 Å². The van der Waals surface area contributed by atoms with Gasteiger partial charge in [-0.3, -0.25) is 25.2 Å². The van der Waals surface area contributed by atoms with Gasteiger partial charge < -0.3 is 0 Å². The molecule has 0 radical (unpaired) electrons. The van der Waals surface area contributed by atoms with Gasteiger partial charge >= 0.3 is 0 Å². The number of hydrogen-bond acceptors (Lipinski definition) is 7. The Hall–Kier alpha value is -3.40. The fourth-order valence-electron chi connectivity index (χ4n) is 2.40. The minimum Gasteiger partial charge on any atom is -0.258 e. The first kappa shape index (κ1) is 16.5. The lowest BCUT2D eigenvalue weighted by atomic mass is 10.2. The van der Waals surface area contributed by atoms with E-state index in [9.17, 15) is 28.6 Å². The molecule has 2 aromatic carbocycles. The van der Waals surface area contributed by atoms with Gasteiger partial charge in [0.05, 0.1) is 25.6 Å². The molecule has 0 amide bonds. The normalized spacial score (nSPS) is 11.4. The Balaban J connectivity index is 2.25. The van der Waals surface area contributed by atoms with E-state index in [-0.39, 0.29) is 21.5 Å². The molecule has 0 bridgehead atoms. The number of benzene rings is 2. The fourth-order valence-corrected chi connectivity index (χ4v) is 3.83. The van der Waals surface area contributed by atoms with Gasteiger partial charge in [-0.05, 0) is 36.4 Å². The van der Waals surface area contributed by atoms with Crippen LogP contribution in [0.2, 0.25) is 0 Å². The van der Waals surface area contributed by atoms with Gasteiger partial charge in [-0.15, -0.1) is 0 Å². The van der Waals surface area contributed by atoms with Crippen LogP contribution in [0.4, 0.5) is 11.4 Å². The lowest BCUT2D eigenvalue weighted by Crippen LogP contribution is -2.06. The first-order chi connectivity index (χ1) is 11.8. The van der Waals surface area contributed by atoms with Crippen LogP contribution in [0.3, 0.4) is 0 Å². The van der Waals surface area contributed by atoms with E-state index >= 15 is 0 Å². The molecule has 10 heteroatoms. The predicted molar refractivity (Wildman–Crippen MR) is 86.9 cm³/mol. The summed E-state index contributed by atoms with van der Waals surface area (Å²) >= 11 is 0. The summed E-state index contributed by atoms with van der Waals surface area (Å²) < 4.78 is 25.6. The van der Waals surface area contributed by atoms with Crippen LogP contribution in [-0.4, -0.2) is 23.2 Å². The number of sulfone groups is 1. The first-order valence-corrected chi connectivity index (χ1v) is 8.32. The SMILES string of the molecule is O=[N+]([O-])c1ccc(S(=O)(=O)c2ccc3ncccc3c2[N+](=O)[O-])cc1. The lowest BCUT2D eigenvalue weighted by Gasteiger charge is -2.07. The molecule has 25 heavy (non-hydrogen) atoms. The standard InChI is InChI=1S/C15H9N3O6S/c19-17(20)10-3-5-11(6-4-10)25(23,24)14-8-7-13-12(2-1-9-16-13)15(14)18(21)22/h1-9H. The minimum absolute atomic E-state index is 0.0930. The zero-order chi connectivity index (χ0) is 18.2. The summed E-state index contributed by atoms with van der Waals surface area (Å²) in [6, 6.07) is 9.52. The summed E-state index contributed by atoms with van der Waals surface area (Å²) in [5.74, 6) is 0. The highest BCUT2D eigenvalue weighted by atomic mass is 32.2. The number of fused-ring (bicyclic) bond motifs is 1. The summed E-state index contributed by atoms with van der Waals surface area (Å²) in [4.78, 5) is 23.9. The maximum atomic E-state index is 12.8. The van der Waals surface area contributed by atoms with E-state index in [0.29, 0.717) is 0 Å². The Kier molecular flexibility index (Phi) is 3.89. The van der Waals surface area contributed by atoms with E-state index in [1.165, 1.54) is 24.4 Å². The average molecular weight is 359 g/mol. The number of rotatable bonds is 4. The molecule has 0 saturated heterocycles. The number of hydrogen-bond donors (Lipinski definition) is 0. The van der Waals surface area contributed by atoms with Crippen molar-refractivity contribution >= 4 is 32.1 Å². The Bertz CT molecular complexity index is 1110. The third-order valence-electron chi connectivity index (χ3n) is 3.55. The molecular weight excluding hydrogens is 350 g/mol. The van der Waals surface area contributed by atoms with Gasteiger partial charge in [-0.1, -0.05) is 0 Å². The highest BCUT2D eigenvalue weighted by Gasteiger charge is 2.30. The van der Waals surface area contributed by atoms with Crippen molar-refractivity contribution in [2.24, 2.45) is 0 Å². The zero-order valence-corrected chi connectivity index (χ0v) is 13.2. The second-order valence-corrected chi connectivity index (χ2v) is 6.91. The van der Waals surface area contributed by atoms with E-state index in [2.05, 4.69) is 4.98 Å². The summed E-state index contributed by atoms with van der Waals surface area (Å²) in [7, 11) is -4.24. The Morgan fingerprint density at radius 3 is 2.16 bits per heavy atom. The second-order valence-electron chi connectivity index (χ2n) is 4.99. The molecule has 0 aliphatic heterocycles. The number of non-ortho nitro benzene ring substituents is 1. The fraction of sp³-hybridized carbons (Fsp3) is 0. The van der Waals surface area contributed by atoms with Crippen LogP contribution in [0.25, 0.3) is 10.9 Å². The number of aromatic nitrogens is 1. The highest BCUT2D eigenvalue weighted by Crippen LogP contribution is 2.35. The van der Waals surface area contributed by atoms with Crippen molar-refractivity contribution in [1.82, 2.24) is 4.98 Å². The van der Waals surface area contributed by atoms with Crippen LogP contribution in [0, 0.1) is 20.2 Å². The summed E-state index contributed by atoms with van der Waals surface area (Å²) in [5, 5.41) is 22.3. The van der Waals surface area contributed by atoms with Crippen LogP contribution >= 0.6 is 0 Å². The molecule has 0 unspecified atom stereocenters. The van der Waals surface area contributed by atoms with Gasteiger partial charge in [0.25, 0.3) is 11.4 Å². The maximum Gasteiger partial charge on any atom is 0.297 e. The van der Waals surface area contributed by atoms with Crippen molar-refractivity contribution in [2.75, 3.05) is 0 Å². The largest absolute Gasteiger partial charge is 0.297 e. The first-order valence-electron chi connectivity index (χ1n) is 6.84. The topological polar surface area (TPSA) is 133 Å². The monoisotopic (exact) mass is 359 g/mol. The molecule has 0 fully saturated rings. The molecule has 1 aromatic heterocycles. The minimum atomic E-state index is -4.24. The van der Waals surface area contributed by atoms with Crippen LogP contribution in [0.15, 0.2) is 64.5 Å². The molecule has 0 saturated carbocycles. The average Bonchev–Trinajstić information content (AvgIpc) is 2.60. The lowest BCUT2D eigenvalue weighted by molar-refractivity contribution is -0.386. The Labute approximate surface area is 140 Å². The van der Waals surface area contributed by atoms with Crippen molar-refractivity contribution in [3.05, 3.63) is 75.0 Å². The van der Waals surface area contributed by atoms with Gasteiger partial charge in [0.2, 0.25) is 9.84 Å². The molecule has 0 aliphatic rings. The van der Waals surface area contributed by atoms with Crippen LogP contribution in [-0.2, 0) is 9.84 Å². The molecular formula is C15H9N3O6S. The van der Waals surface area contributed by atoms with E-state index in [1.807, 2.05) is 0 Å². The van der Waals surface area contributed by atoms with Crippen LogP contribution < -0.4 is 0 Å². The number of pyridine rings is 1. The number of nitrogens with zero attached hydrogens (tertiary/aromatic N) is 3. The van der Waals surface area contributed by atoms with Crippen LogP contribution in [0.5, 0.6) is 0 Å². The summed E-state index contributed by atoms with van der Waals surface area (Å²) in [6.07, 6.45) is 1.44. The third kappa shape index (κ3) is 2.78. The van der Waals surface area contributed by atoms with Gasteiger partial charge in [-0.25, -0.2) is 8.42 Å². The molecule has 0 atom stereocenters. The quantitative estimate of drug-likeness (QED) is 0.516. The summed E-state index contributed by atoms with van der Waals surface area (Å²) in [6.45, 7) is 0. The molecule has 0 N–H and O–H groups in total. The van der Waals surface area contributed by atoms with Crippen molar-refractivity contribution in [3.8, 4) is 0 Å². The van der Waals surface area contributed by atoms with E-state index in [0.717, 1.165) is 30.3 Å².